The van der Waals surface area contributed by atoms with Crippen LogP contribution in [-0.4, -0.2) is 29.9 Å². The number of likely N-dealkylation sites (tertiary alicyclic amines) is 1. The number of amides is 3. The summed E-state index contributed by atoms with van der Waals surface area (Å²) >= 11 is 5.87. The van der Waals surface area contributed by atoms with Gasteiger partial charge in [-0.25, -0.2) is 4.79 Å². The number of urea groups is 1. The molecule has 28 heavy (non-hydrogen) atoms. The van der Waals surface area contributed by atoms with Crippen molar-refractivity contribution >= 4 is 34.9 Å². The number of halogens is 1. The van der Waals surface area contributed by atoms with Crippen LogP contribution in [0.1, 0.15) is 25.3 Å². The zero-order valence-electron chi connectivity index (χ0n) is 16.2. The number of benzene rings is 2. The fraction of sp³-hybridized carbons (Fsp3) is 0.364. The summed E-state index contributed by atoms with van der Waals surface area (Å²) in [6.07, 6.45) is 1.63. The summed E-state index contributed by atoms with van der Waals surface area (Å²) in [6, 6.07) is 14.8. The zero-order chi connectivity index (χ0) is 20.1. The van der Waals surface area contributed by atoms with Gasteiger partial charge in [-0.3, -0.25) is 4.79 Å². The molecule has 3 amide bonds. The molecule has 0 aromatic heterocycles. The lowest BCUT2D eigenvalue weighted by atomic mass is 9.85. The number of hydrogen-bond donors (Lipinski definition) is 2. The van der Waals surface area contributed by atoms with Crippen molar-refractivity contribution in [1.29, 1.82) is 0 Å². The van der Waals surface area contributed by atoms with Gasteiger partial charge >= 0.3 is 6.03 Å². The molecule has 148 valence electrons. The molecule has 1 aliphatic heterocycles. The predicted molar refractivity (Wildman–Crippen MR) is 114 cm³/mol. The Bertz CT molecular complexity index is 813. The highest BCUT2D eigenvalue weighted by Crippen LogP contribution is 2.26. The van der Waals surface area contributed by atoms with E-state index in [0.717, 1.165) is 29.8 Å². The number of carbonyl (C=O) groups is 2. The summed E-state index contributed by atoms with van der Waals surface area (Å²) in [5.74, 6) is 0.209. The quantitative estimate of drug-likeness (QED) is 0.745. The molecule has 2 N–H and O–H groups in total. The fourth-order valence-corrected chi connectivity index (χ4v) is 3.57. The molecule has 1 saturated heterocycles. The third-order valence-corrected chi connectivity index (χ3v) is 5.61. The molecule has 6 heteroatoms. The van der Waals surface area contributed by atoms with Crippen LogP contribution in [0.4, 0.5) is 16.2 Å². The first-order valence-electron chi connectivity index (χ1n) is 9.61. The molecule has 5 nitrogen and oxygen atoms in total. The third-order valence-electron chi connectivity index (χ3n) is 5.36. The molecule has 2 aromatic rings. The highest BCUT2D eigenvalue weighted by molar-refractivity contribution is 6.30. The van der Waals surface area contributed by atoms with E-state index in [1.807, 2.05) is 38.1 Å². The van der Waals surface area contributed by atoms with Gasteiger partial charge in [0.05, 0.1) is 0 Å². The number of anilines is 2. The standard InChI is InChI=1S/C22H26ClN3O2/c1-15-3-7-19(8-4-15)24-21(27)16(2)17-11-13-26(14-12-17)22(28)25-20-9-5-18(23)6-10-20/h3-10,16-17H,11-14H2,1-2H3,(H,24,27)(H,25,28). The lowest BCUT2D eigenvalue weighted by molar-refractivity contribution is -0.121. The van der Waals surface area contributed by atoms with Crippen LogP contribution in [0.2, 0.25) is 5.02 Å². The molecule has 0 radical (unpaired) electrons. The van der Waals surface area contributed by atoms with Crippen LogP contribution in [-0.2, 0) is 4.79 Å². The van der Waals surface area contributed by atoms with E-state index in [2.05, 4.69) is 10.6 Å². The minimum absolute atomic E-state index is 0.0351. The average Bonchev–Trinajstić information content (AvgIpc) is 2.71. The zero-order valence-corrected chi connectivity index (χ0v) is 17.0. The van der Waals surface area contributed by atoms with Crippen molar-refractivity contribution in [3.8, 4) is 0 Å². The Kier molecular flexibility index (Phi) is 6.57. The normalized spacial score (nSPS) is 15.8. The van der Waals surface area contributed by atoms with Crippen molar-refractivity contribution in [1.82, 2.24) is 4.90 Å². The van der Waals surface area contributed by atoms with E-state index in [-0.39, 0.29) is 23.8 Å². The SMILES string of the molecule is Cc1ccc(NC(=O)C(C)C2CCN(C(=O)Nc3ccc(Cl)cc3)CC2)cc1. The van der Waals surface area contributed by atoms with Crippen molar-refractivity contribution < 1.29 is 9.59 Å². The molecule has 1 heterocycles. The summed E-state index contributed by atoms with van der Waals surface area (Å²) in [6.45, 7) is 5.28. The van der Waals surface area contributed by atoms with Crippen molar-refractivity contribution in [3.05, 3.63) is 59.1 Å². The van der Waals surface area contributed by atoms with Crippen molar-refractivity contribution in [2.75, 3.05) is 23.7 Å². The van der Waals surface area contributed by atoms with Gasteiger partial charge in [-0.1, -0.05) is 36.2 Å². The molecule has 2 aromatic carbocycles. The number of rotatable bonds is 4. The highest BCUT2D eigenvalue weighted by atomic mass is 35.5. The molecule has 3 rings (SSSR count). The topological polar surface area (TPSA) is 61.4 Å². The Labute approximate surface area is 171 Å². The summed E-state index contributed by atoms with van der Waals surface area (Å²) < 4.78 is 0. The van der Waals surface area contributed by atoms with Gasteiger partial charge in [-0.15, -0.1) is 0 Å². The summed E-state index contributed by atoms with van der Waals surface area (Å²) in [7, 11) is 0. The van der Waals surface area contributed by atoms with Gasteiger partial charge in [0.15, 0.2) is 0 Å². The van der Waals surface area contributed by atoms with E-state index in [1.165, 1.54) is 0 Å². The Hall–Kier alpha value is -2.53. The highest BCUT2D eigenvalue weighted by Gasteiger charge is 2.29. The van der Waals surface area contributed by atoms with Crippen molar-refractivity contribution in [3.63, 3.8) is 0 Å². The number of nitrogens with one attached hydrogen (secondary N) is 2. The molecule has 0 saturated carbocycles. The maximum atomic E-state index is 12.6. The van der Waals surface area contributed by atoms with E-state index < -0.39 is 0 Å². The lowest BCUT2D eigenvalue weighted by Gasteiger charge is -2.34. The van der Waals surface area contributed by atoms with Crippen LogP contribution in [0.3, 0.4) is 0 Å². The van der Waals surface area contributed by atoms with Gasteiger partial charge in [-0.2, -0.15) is 0 Å². The molecule has 1 fully saturated rings. The summed E-state index contributed by atoms with van der Waals surface area (Å²) in [5, 5.41) is 6.52. The van der Waals surface area contributed by atoms with E-state index in [4.69, 9.17) is 11.6 Å². The first-order valence-corrected chi connectivity index (χ1v) is 9.99. The van der Waals surface area contributed by atoms with Crippen LogP contribution >= 0.6 is 11.6 Å². The van der Waals surface area contributed by atoms with Gasteiger partial charge in [0, 0.05) is 35.4 Å². The Morgan fingerprint density at radius 2 is 1.50 bits per heavy atom. The number of nitrogens with zero attached hydrogens (tertiary/aromatic N) is 1. The van der Waals surface area contributed by atoms with Crippen LogP contribution < -0.4 is 10.6 Å². The van der Waals surface area contributed by atoms with Gasteiger partial charge in [0.25, 0.3) is 0 Å². The maximum absolute atomic E-state index is 12.6. The van der Waals surface area contributed by atoms with Crippen molar-refractivity contribution in [2.45, 2.75) is 26.7 Å². The largest absolute Gasteiger partial charge is 0.326 e. The van der Waals surface area contributed by atoms with E-state index in [0.29, 0.717) is 18.1 Å². The number of hydrogen-bond acceptors (Lipinski definition) is 2. The van der Waals surface area contributed by atoms with E-state index in [1.54, 1.807) is 29.2 Å². The number of piperidine rings is 1. The van der Waals surface area contributed by atoms with Crippen LogP contribution in [0.5, 0.6) is 0 Å². The molecule has 1 atom stereocenters. The van der Waals surface area contributed by atoms with Gasteiger partial charge in [-0.05, 0) is 62.1 Å². The molecular weight excluding hydrogens is 374 g/mol. The Morgan fingerprint density at radius 3 is 2.11 bits per heavy atom. The Morgan fingerprint density at radius 1 is 0.964 bits per heavy atom. The van der Waals surface area contributed by atoms with Gasteiger partial charge < -0.3 is 15.5 Å². The van der Waals surface area contributed by atoms with Gasteiger partial charge in [0.2, 0.25) is 5.91 Å². The molecular formula is C22H26ClN3O2. The second-order valence-corrected chi connectivity index (χ2v) is 7.84. The third kappa shape index (κ3) is 5.26. The fourth-order valence-electron chi connectivity index (χ4n) is 3.45. The molecule has 1 aliphatic rings. The maximum Gasteiger partial charge on any atom is 0.321 e. The summed E-state index contributed by atoms with van der Waals surface area (Å²) in [4.78, 5) is 26.8. The summed E-state index contributed by atoms with van der Waals surface area (Å²) in [5.41, 5.74) is 2.71. The predicted octanol–water partition coefficient (Wildman–Crippen LogP) is 5.17. The van der Waals surface area contributed by atoms with Crippen LogP contribution in [0.15, 0.2) is 48.5 Å². The molecule has 0 spiro atoms. The molecule has 0 bridgehead atoms. The second kappa shape index (κ2) is 9.11. The van der Waals surface area contributed by atoms with E-state index in [9.17, 15) is 9.59 Å². The van der Waals surface area contributed by atoms with Crippen LogP contribution in [0.25, 0.3) is 0 Å². The smallest absolute Gasteiger partial charge is 0.321 e. The van der Waals surface area contributed by atoms with Crippen LogP contribution in [0, 0.1) is 18.8 Å². The monoisotopic (exact) mass is 399 g/mol. The first-order chi connectivity index (χ1) is 13.4. The van der Waals surface area contributed by atoms with Crippen molar-refractivity contribution in [2.24, 2.45) is 11.8 Å². The number of aryl methyl sites for hydroxylation is 1. The average molecular weight is 400 g/mol. The Balaban J connectivity index is 1.48. The van der Waals surface area contributed by atoms with E-state index >= 15 is 0 Å². The lowest BCUT2D eigenvalue weighted by Crippen LogP contribution is -2.43. The minimum atomic E-state index is -0.113. The second-order valence-electron chi connectivity index (χ2n) is 7.41. The molecule has 1 unspecified atom stereocenters. The molecule has 0 aliphatic carbocycles. The number of carbonyl (C=O) groups excluding carboxylic acids is 2. The van der Waals surface area contributed by atoms with Gasteiger partial charge in [0.1, 0.15) is 0 Å². The minimum Gasteiger partial charge on any atom is -0.326 e. The first kappa shape index (κ1) is 20.2.